The molecule has 0 aromatic rings. The number of thioether (sulfide) groups is 1. The van der Waals surface area contributed by atoms with E-state index in [1.165, 1.54) is 5.75 Å². The third kappa shape index (κ3) is 14.2. The Hall–Kier alpha value is 0.310. The lowest BCUT2D eigenvalue weighted by Gasteiger charge is -2.10. The van der Waals surface area contributed by atoms with E-state index in [1.54, 1.807) is 7.11 Å². The Kier molecular flexibility index (Phi) is 18.8. The van der Waals surface area contributed by atoms with Gasteiger partial charge in [0, 0.05) is 33.4 Å². The summed E-state index contributed by atoms with van der Waals surface area (Å²) in [6.07, 6.45) is 4.26. The fourth-order valence-electron chi connectivity index (χ4n) is 1.16. The molecule has 6 heteroatoms. The van der Waals surface area contributed by atoms with Gasteiger partial charge in [0.25, 0.3) is 0 Å². The first-order chi connectivity index (χ1) is 7.85. The van der Waals surface area contributed by atoms with Crippen LogP contribution < -0.4 is 10.6 Å². The zero-order valence-electron chi connectivity index (χ0n) is 11.1. The lowest BCUT2D eigenvalue weighted by Crippen LogP contribution is -2.38. The lowest BCUT2D eigenvalue weighted by molar-refractivity contribution is 0.195. The van der Waals surface area contributed by atoms with Gasteiger partial charge in [0.15, 0.2) is 5.96 Å². The molecule has 0 aliphatic rings. The van der Waals surface area contributed by atoms with E-state index in [-0.39, 0.29) is 24.0 Å². The van der Waals surface area contributed by atoms with Gasteiger partial charge in [0.1, 0.15) is 0 Å². The molecule has 0 saturated heterocycles. The normalized spacial score (nSPS) is 10.9. The van der Waals surface area contributed by atoms with Crippen molar-refractivity contribution in [1.29, 1.82) is 0 Å². The Morgan fingerprint density at radius 1 is 1.29 bits per heavy atom. The smallest absolute Gasteiger partial charge is 0.191 e. The van der Waals surface area contributed by atoms with Gasteiger partial charge in [-0.2, -0.15) is 11.8 Å². The van der Waals surface area contributed by atoms with Gasteiger partial charge in [-0.1, -0.05) is 0 Å². The maximum absolute atomic E-state index is 4.99. The molecule has 0 spiro atoms. The van der Waals surface area contributed by atoms with Crippen LogP contribution in [0, 0.1) is 0 Å². The number of guanidine groups is 1. The highest BCUT2D eigenvalue weighted by Crippen LogP contribution is 1.94. The first kappa shape index (κ1) is 19.6. The number of halogens is 1. The molecule has 0 aromatic carbocycles. The van der Waals surface area contributed by atoms with Crippen molar-refractivity contribution in [2.45, 2.75) is 19.8 Å². The van der Waals surface area contributed by atoms with Crippen molar-refractivity contribution in [2.24, 2.45) is 4.99 Å². The van der Waals surface area contributed by atoms with Crippen LogP contribution in [0.15, 0.2) is 4.99 Å². The maximum atomic E-state index is 4.99. The maximum Gasteiger partial charge on any atom is 0.191 e. The summed E-state index contributed by atoms with van der Waals surface area (Å²) in [4.78, 5) is 4.49. The van der Waals surface area contributed by atoms with Gasteiger partial charge in [-0.25, -0.2) is 0 Å². The van der Waals surface area contributed by atoms with Crippen LogP contribution in [0.25, 0.3) is 0 Å². The van der Waals surface area contributed by atoms with E-state index in [4.69, 9.17) is 4.74 Å². The van der Waals surface area contributed by atoms with E-state index in [9.17, 15) is 0 Å². The molecule has 0 fully saturated rings. The van der Waals surface area contributed by atoms with Crippen LogP contribution in [-0.4, -0.2) is 51.3 Å². The predicted octanol–water partition coefficient (Wildman–Crippen LogP) is 1.95. The highest BCUT2D eigenvalue weighted by molar-refractivity contribution is 14.0. The van der Waals surface area contributed by atoms with Gasteiger partial charge in [-0.15, -0.1) is 24.0 Å². The van der Waals surface area contributed by atoms with Gasteiger partial charge >= 0.3 is 0 Å². The predicted molar refractivity (Wildman–Crippen MR) is 88.9 cm³/mol. The first-order valence-electron chi connectivity index (χ1n) is 5.85. The summed E-state index contributed by atoms with van der Waals surface area (Å²) in [5.74, 6) is 2.09. The molecule has 0 saturated carbocycles. The molecule has 4 nitrogen and oxygen atoms in total. The van der Waals surface area contributed by atoms with E-state index in [1.807, 2.05) is 11.8 Å². The van der Waals surface area contributed by atoms with Crippen molar-refractivity contribution in [2.75, 3.05) is 45.4 Å². The highest BCUT2D eigenvalue weighted by atomic mass is 127. The molecule has 0 rings (SSSR count). The molecule has 0 aliphatic carbocycles. The monoisotopic (exact) mass is 375 g/mol. The molecule has 0 atom stereocenters. The molecule has 0 radical (unpaired) electrons. The van der Waals surface area contributed by atoms with Crippen molar-refractivity contribution < 1.29 is 4.74 Å². The van der Waals surface area contributed by atoms with Gasteiger partial charge in [-0.05, 0) is 31.8 Å². The number of hydrogen-bond acceptors (Lipinski definition) is 3. The molecule has 0 bridgehead atoms. The van der Waals surface area contributed by atoms with Crippen LogP contribution in [0.2, 0.25) is 0 Å². The van der Waals surface area contributed by atoms with Crippen LogP contribution in [-0.2, 0) is 4.74 Å². The molecule has 0 amide bonds. The average molecular weight is 375 g/mol. The molecular weight excluding hydrogens is 349 g/mol. The SMILES string of the molecule is CCNC(=NCCCSC)NCCCOC.I. The van der Waals surface area contributed by atoms with Crippen LogP contribution in [0.3, 0.4) is 0 Å². The Bertz CT molecular complexity index is 182. The van der Waals surface area contributed by atoms with Crippen LogP contribution in [0.4, 0.5) is 0 Å². The van der Waals surface area contributed by atoms with Crippen molar-refractivity contribution >= 4 is 41.7 Å². The second kappa shape index (κ2) is 16.3. The number of rotatable bonds is 9. The standard InChI is InChI=1S/C11H25N3OS.HI/c1-4-12-11(13-7-5-9-15-2)14-8-6-10-16-3;/h4-10H2,1-3H3,(H2,12,13,14);1H. The summed E-state index contributed by atoms with van der Waals surface area (Å²) in [5.41, 5.74) is 0. The minimum Gasteiger partial charge on any atom is -0.385 e. The van der Waals surface area contributed by atoms with E-state index >= 15 is 0 Å². The van der Waals surface area contributed by atoms with Gasteiger partial charge in [0.05, 0.1) is 0 Å². The summed E-state index contributed by atoms with van der Waals surface area (Å²) in [7, 11) is 1.72. The van der Waals surface area contributed by atoms with Crippen molar-refractivity contribution in [3.63, 3.8) is 0 Å². The Morgan fingerprint density at radius 3 is 2.65 bits per heavy atom. The quantitative estimate of drug-likeness (QED) is 0.280. The highest BCUT2D eigenvalue weighted by Gasteiger charge is 1.95. The van der Waals surface area contributed by atoms with Crippen molar-refractivity contribution in [3.05, 3.63) is 0 Å². The minimum atomic E-state index is 0. The van der Waals surface area contributed by atoms with Crippen molar-refractivity contribution in [3.8, 4) is 0 Å². The zero-order valence-corrected chi connectivity index (χ0v) is 14.3. The fraction of sp³-hybridized carbons (Fsp3) is 0.909. The van der Waals surface area contributed by atoms with E-state index < -0.39 is 0 Å². The second-order valence-electron chi connectivity index (χ2n) is 3.38. The lowest BCUT2D eigenvalue weighted by atomic mass is 10.4. The number of hydrogen-bond donors (Lipinski definition) is 2. The summed E-state index contributed by atoms with van der Waals surface area (Å²) in [5, 5.41) is 6.51. The van der Waals surface area contributed by atoms with E-state index in [0.29, 0.717) is 0 Å². The first-order valence-corrected chi connectivity index (χ1v) is 7.24. The number of aliphatic imine (C=N–C) groups is 1. The molecule has 0 heterocycles. The van der Waals surface area contributed by atoms with Gasteiger partial charge in [-0.3, -0.25) is 4.99 Å². The van der Waals surface area contributed by atoms with Crippen molar-refractivity contribution in [1.82, 2.24) is 10.6 Å². The summed E-state index contributed by atoms with van der Waals surface area (Å²) in [6, 6.07) is 0. The summed E-state index contributed by atoms with van der Waals surface area (Å²) < 4.78 is 4.99. The molecular formula is C11H26IN3OS. The minimum absolute atomic E-state index is 0. The number of nitrogens with one attached hydrogen (secondary N) is 2. The number of methoxy groups -OCH3 is 1. The Labute approximate surface area is 127 Å². The van der Waals surface area contributed by atoms with Crippen LogP contribution in [0.1, 0.15) is 19.8 Å². The molecule has 0 aromatic heterocycles. The van der Waals surface area contributed by atoms with E-state index in [2.05, 4.69) is 28.8 Å². The summed E-state index contributed by atoms with van der Waals surface area (Å²) in [6.45, 7) is 5.56. The number of nitrogens with zero attached hydrogens (tertiary/aromatic N) is 1. The fourth-order valence-corrected chi connectivity index (χ4v) is 1.58. The van der Waals surface area contributed by atoms with Crippen LogP contribution >= 0.6 is 35.7 Å². The second-order valence-corrected chi connectivity index (χ2v) is 4.37. The number of ether oxygens (including phenoxy) is 1. The third-order valence-electron chi connectivity index (χ3n) is 1.94. The third-order valence-corrected chi connectivity index (χ3v) is 2.64. The van der Waals surface area contributed by atoms with Gasteiger partial charge in [0.2, 0.25) is 0 Å². The molecule has 17 heavy (non-hydrogen) atoms. The Balaban J connectivity index is 0. The van der Waals surface area contributed by atoms with E-state index in [0.717, 1.165) is 45.0 Å². The topological polar surface area (TPSA) is 45.7 Å². The largest absolute Gasteiger partial charge is 0.385 e. The molecule has 0 aliphatic heterocycles. The Morgan fingerprint density at radius 2 is 2.06 bits per heavy atom. The zero-order chi connectivity index (χ0) is 12.1. The van der Waals surface area contributed by atoms with Gasteiger partial charge < -0.3 is 15.4 Å². The molecule has 104 valence electrons. The van der Waals surface area contributed by atoms with Crippen LogP contribution in [0.5, 0.6) is 0 Å². The molecule has 2 N–H and O–H groups in total. The average Bonchev–Trinajstić information content (AvgIpc) is 2.30. The molecule has 0 unspecified atom stereocenters. The summed E-state index contributed by atoms with van der Waals surface area (Å²) >= 11 is 1.86.